The standard InChI is InChI=1S/C9H10N4/c1-2-10-3-7-6(1)9-8(4-11-7)12-5-13-9/h1-3,11-13H,4-5H2. The van der Waals surface area contributed by atoms with Gasteiger partial charge in [-0.3, -0.25) is 4.98 Å². The highest BCUT2D eigenvalue weighted by Gasteiger charge is 2.21. The van der Waals surface area contributed by atoms with Crippen LogP contribution in [0.5, 0.6) is 0 Å². The van der Waals surface area contributed by atoms with Gasteiger partial charge in [-0.25, -0.2) is 0 Å². The summed E-state index contributed by atoms with van der Waals surface area (Å²) in [6.45, 7) is 1.69. The topological polar surface area (TPSA) is 49.0 Å². The molecule has 4 heteroatoms. The molecule has 0 spiro atoms. The Labute approximate surface area is 76.1 Å². The van der Waals surface area contributed by atoms with E-state index in [4.69, 9.17) is 0 Å². The Morgan fingerprint density at radius 1 is 1.23 bits per heavy atom. The number of hydrogen-bond acceptors (Lipinski definition) is 4. The van der Waals surface area contributed by atoms with Gasteiger partial charge in [0.1, 0.15) is 0 Å². The predicted octanol–water partition coefficient (Wildman–Crippen LogP) is 0.326. The van der Waals surface area contributed by atoms with Crippen molar-refractivity contribution in [1.82, 2.24) is 15.6 Å². The van der Waals surface area contributed by atoms with Crippen LogP contribution in [0.15, 0.2) is 24.2 Å². The first-order valence-electron chi connectivity index (χ1n) is 4.34. The summed E-state index contributed by atoms with van der Waals surface area (Å²) >= 11 is 0. The van der Waals surface area contributed by atoms with Crippen LogP contribution in [-0.2, 0) is 0 Å². The van der Waals surface area contributed by atoms with E-state index in [1.165, 1.54) is 17.0 Å². The van der Waals surface area contributed by atoms with Gasteiger partial charge in [0.15, 0.2) is 0 Å². The van der Waals surface area contributed by atoms with Gasteiger partial charge in [0, 0.05) is 11.8 Å². The van der Waals surface area contributed by atoms with Crippen molar-refractivity contribution in [2.75, 3.05) is 18.5 Å². The summed E-state index contributed by atoms with van der Waals surface area (Å²) in [5.41, 5.74) is 4.79. The van der Waals surface area contributed by atoms with E-state index in [9.17, 15) is 0 Å². The van der Waals surface area contributed by atoms with Crippen LogP contribution < -0.4 is 16.0 Å². The number of aromatic nitrogens is 1. The molecule has 4 nitrogen and oxygen atoms in total. The number of anilines is 1. The first-order valence-corrected chi connectivity index (χ1v) is 4.34. The Bertz CT molecular complexity index is 383. The van der Waals surface area contributed by atoms with E-state index in [0.29, 0.717) is 0 Å². The van der Waals surface area contributed by atoms with Crippen molar-refractivity contribution in [2.24, 2.45) is 0 Å². The molecule has 66 valence electrons. The molecule has 0 aliphatic carbocycles. The van der Waals surface area contributed by atoms with Crippen LogP contribution in [0.3, 0.4) is 0 Å². The van der Waals surface area contributed by atoms with Crippen LogP contribution in [0.2, 0.25) is 0 Å². The molecule has 2 aliphatic heterocycles. The Kier molecular flexibility index (Phi) is 1.24. The lowest BCUT2D eigenvalue weighted by Gasteiger charge is -2.18. The lowest BCUT2D eigenvalue weighted by Crippen LogP contribution is -2.19. The van der Waals surface area contributed by atoms with Crippen LogP contribution in [0, 0.1) is 0 Å². The van der Waals surface area contributed by atoms with Gasteiger partial charge in [-0.15, -0.1) is 0 Å². The number of hydrogen-bond donors (Lipinski definition) is 3. The van der Waals surface area contributed by atoms with Crippen molar-refractivity contribution in [3.63, 3.8) is 0 Å². The van der Waals surface area contributed by atoms with Gasteiger partial charge in [-0.05, 0) is 6.07 Å². The van der Waals surface area contributed by atoms with Gasteiger partial charge in [-0.2, -0.15) is 0 Å². The fraction of sp³-hybridized carbons (Fsp3) is 0.222. The van der Waals surface area contributed by atoms with Crippen LogP contribution in [0.4, 0.5) is 5.69 Å². The van der Waals surface area contributed by atoms with Crippen LogP contribution in [0.25, 0.3) is 5.70 Å². The van der Waals surface area contributed by atoms with E-state index in [-0.39, 0.29) is 0 Å². The molecule has 1 aromatic rings. The molecule has 3 N–H and O–H groups in total. The minimum atomic E-state index is 0.827. The second kappa shape index (κ2) is 2.39. The molecule has 0 atom stereocenters. The minimum absolute atomic E-state index is 0.827. The highest BCUT2D eigenvalue weighted by molar-refractivity contribution is 5.80. The minimum Gasteiger partial charge on any atom is -0.378 e. The van der Waals surface area contributed by atoms with Crippen molar-refractivity contribution in [3.8, 4) is 0 Å². The van der Waals surface area contributed by atoms with Crippen LogP contribution in [0.1, 0.15) is 5.56 Å². The molecule has 13 heavy (non-hydrogen) atoms. The zero-order valence-electron chi connectivity index (χ0n) is 7.09. The molecule has 0 unspecified atom stereocenters. The summed E-state index contributed by atoms with van der Waals surface area (Å²) < 4.78 is 0. The molecular weight excluding hydrogens is 164 g/mol. The molecule has 1 aromatic heterocycles. The third-order valence-corrected chi connectivity index (χ3v) is 2.41. The van der Waals surface area contributed by atoms with Crippen molar-refractivity contribution >= 4 is 11.4 Å². The molecular formula is C9H10N4. The number of nitrogens with zero attached hydrogens (tertiary/aromatic N) is 1. The van der Waals surface area contributed by atoms with Gasteiger partial charge >= 0.3 is 0 Å². The number of fused-ring (bicyclic) bond motifs is 2. The summed E-state index contributed by atoms with van der Waals surface area (Å²) in [5, 5.41) is 9.91. The lowest BCUT2D eigenvalue weighted by molar-refractivity contribution is 0.811. The third kappa shape index (κ3) is 0.884. The Balaban J connectivity index is 2.18. The molecule has 0 saturated heterocycles. The van der Waals surface area contributed by atoms with E-state index < -0.39 is 0 Å². The molecule has 0 bridgehead atoms. The summed E-state index contributed by atoms with van der Waals surface area (Å²) in [6.07, 6.45) is 3.68. The molecule has 3 rings (SSSR count). The molecule has 2 aliphatic rings. The zero-order valence-corrected chi connectivity index (χ0v) is 7.09. The fourth-order valence-electron chi connectivity index (χ4n) is 1.78. The Morgan fingerprint density at radius 3 is 3.23 bits per heavy atom. The second-order valence-electron chi connectivity index (χ2n) is 3.16. The summed E-state index contributed by atoms with van der Waals surface area (Å²) in [6, 6.07) is 2.02. The molecule has 3 heterocycles. The van der Waals surface area contributed by atoms with E-state index in [1.54, 1.807) is 0 Å². The van der Waals surface area contributed by atoms with E-state index in [0.717, 1.165) is 18.9 Å². The summed E-state index contributed by atoms with van der Waals surface area (Å²) in [7, 11) is 0. The van der Waals surface area contributed by atoms with E-state index >= 15 is 0 Å². The number of nitrogens with one attached hydrogen (secondary N) is 3. The summed E-state index contributed by atoms with van der Waals surface area (Å²) in [5.74, 6) is 0. The van der Waals surface area contributed by atoms with Crippen molar-refractivity contribution < 1.29 is 0 Å². The Hall–Kier alpha value is -1.71. The van der Waals surface area contributed by atoms with Gasteiger partial charge in [0.2, 0.25) is 0 Å². The quantitative estimate of drug-likeness (QED) is 0.530. The number of rotatable bonds is 0. The highest BCUT2D eigenvalue weighted by atomic mass is 15.2. The largest absolute Gasteiger partial charge is 0.378 e. The average molecular weight is 174 g/mol. The zero-order chi connectivity index (χ0) is 8.67. The monoisotopic (exact) mass is 174 g/mol. The third-order valence-electron chi connectivity index (χ3n) is 2.41. The first kappa shape index (κ1) is 6.77. The van der Waals surface area contributed by atoms with Gasteiger partial charge < -0.3 is 16.0 Å². The highest BCUT2D eigenvalue weighted by Crippen LogP contribution is 2.28. The lowest BCUT2D eigenvalue weighted by atomic mass is 10.1. The van der Waals surface area contributed by atoms with Gasteiger partial charge in [0.05, 0.1) is 36.5 Å². The average Bonchev–Trinajstić information content (AvgIpc) is 2.65. The fourth-order valence-corrected chi connectivity index (χ4v) is 1.78. The maximum absolute atomic E-state index is 4.08. The normalized spacial score (nSPS) is 18.2. The van der Waals surface area contributed by atoms with E-state index in [1.807, 2.05) is 18.5 Å². The van der Waals surface area contributed by atoms with Crippen molar-refractivity contribution in [2.45, 2.75) is 0 Å². The van der Waals surface area contributed by atoms with Crippen LogP contribution in [-0.4, -0.2) is 18.2 Å². The smallest absolute Gasteiger partial charge is 0.0848 e. The second-order valence-corrected chi connectivity index (χ2v) is 3.16. The molecule has 0 fully saturated rings. The van der Waals surface area contributed by atoms with Crippen molar-refractivity contribution in [1.29, 1.82) is 0 Å². The summed E-state index contributed by atoms with van der Waals surface area (Å²) in [4.78, 5) is 4.08. The predicted molar refractivity (Wildman–Crippen MR) is 50.8 cm³/mol. The van der Waals surface area contributed by atoms with Crippen molar-refractivity contribution in [3.05, 3.63) is 29.7 Å². The van der Waals surface area contributed by atoms with Crippen LogP contribution >= 0.6 is 0 Å². The van der Waals surface area contributed by atoms with E-state index in [2.05, 4.69) is 20.9 Å². The Morgan fingerprint density at radius 2 is 2.23 bits per heavy atom. The SMILES string of the molecule is c1cc2c(cn1)NCC1=C2NCN1. The first-order chi connectivity index (χ1) is 6.45. The maximum Gasteiger partial charge on any atom is 0.0848 e. The molecule has 0 saturated carbocycles. The maximum atomic E-state index is 4.08. The molecule has 0 aromatic carbocycles. The number of pyridine rings is 1. The molecule has 0 radical (unpaired) electrons. The molecule has 0 amide bonds. The van der Waals surface area contributed by atoms with Gasteiger partial charge in [0.25, 0.3) is 0 Å². The van der Waals surface area contributed by atoms with Gasteiger partial charge in [-0.1, -0.05) is 0 Å².